The summed E-state index contributed by atoms with van der Waals surface area (Å²) in [4.78, 5) is 26.0. The maximum absolute atomic E-state index is 12.5. The summed E-state index contributed by atoms with van der Waals surface area (Å²) in [6.45, 7) is 2.94. The van der Waals surface area contributed by atoms with E-state index >= 15 is 0 Å². The molecule has 0 saturated carbocycles. The Hall–Kier alpha value is -2.09. The second-order valence-electron chi connectivity index (χ2n) is 5.23. The van der Waals surface area contributed by atoms with Crippen LogP contribution in [-0.2, 0) is 11.0 Å². The van der Waals surface area contributed by atoms with Gasteiger partial charge in [-0.05, 0) is 24.3 Å². The van der Waals surface area contributed by atoms with Crippen molar-refractivity contribution >= 4 is 18.0 Å². The SMILES string of the molecule is O=[C]CCN1CCN(C(=O)Nc2ccc(C(F)(F)F)cc2)CC1. The molecule has 1 aliphatic heterocycles. The number of anilines is 1. The lowest BCUT2D eigenvalue weighted by Crippen LogP contribution is -2.50. The van der Waals surface area contributed by atoms with Crippen LogP contribution in [-0.4, -0.2) is 54.8 Å². The Bertz CT molecular complexity index is 538. The predicted octanol–water partition coefficient (Wildman–Crippen LogP) is 2.35. The van der Waals surface area contributed by atoms with Crippen LogP contribution in [0.2, 0.25) is 0 Å². The van der Waals surface area contributed by atoms with Gasteiger partial charge in [-0.1, -0.05) is 0 Å². The summed E-state index contributed by atoms with van der Waals surface area (Å²) in [5.41, 5.74) is -0.433. The second-order valence-corrected chi connectivity index (χ2v) is 5.23. The van der Waals surface area contributed by atoms with Gasteiger partial charge in [0.05, 0.1) is 5.56 Å². The standard InChI is InChI=1S/C15H17F3N3O2/c16-15(17,18)12-2-4-13(5-3-12)19-14(23)21-9-7-20(8-10-21)6-1-11-22/h2-5H,1,6-10H2,(H,19,23). The molecule has 1 heterocycles. The number of alkyl halides is 3. The zero-order chi connectivity index (χ0) is 16.9. The highest BCUT2D eigenvalue weighted by atomic mass is 19.4. The Morgan fingerprint density at radius 2 is 1.74 bits per heavy atom. The minimum Gasteiger partial charge on any atom is -0.322 e. The van der Waals surface area contributed by atoms with E-state index in [1.165, 1.54) is 12.1 Å². The number of hydrogen-bond donors (Lipinski definition) is 1. The number of carbonyl (C=O) groups is 1. The molecule has 0 aromatic heterocycles. The van der Waals surface area contributed by atoms with Crippen molar-refractivity contribution in [2.75, 3.05) is 38.0 Å². The number of halogens is 3. The van der Waals surface area contributed by atoms with Crippen LogP contribution >= 0.6 is 0 Å². The number of benzene rings is 1. The Morgan fingerprint density at radius 1 is 1.13 bits per heavy atom. The largest absolute Gasteiger partial charge is 0.416 e. The molecular weight excluding hydrogens is 311 g/mol. The maximum Gasteiger partial charge on any atom is 0.416 e. The number of nitrogens with one attached hydrogen (secondary N) is 1. The highest BCUT2D eigenvalue weighted by molar-refractivity contribution is 5.89. The molecular formula is C15H17F3N3O2. The molecule has 1 aromatic rings. The second kappa shape index (κ2) is 7.45. The molecule has 0 aliphatic carbocycles. The lowest BCUT2D eigenvalue weighted by atomic mass is 10.2. The number of amides is 2. The molecule has 1 fully saturated rings. The maximum atomic E-state index is 12.5. The number of rotatable bonds is 4. The van der Waals surface area contributed by atoms with Gasteiger partial charge >= 0.3 is 12.2 Å². The van der Waals surface area contributed by atoms with Crippen LogP contribution in [0.25, 0.3) is 0 Å². The summed E-state index contributed by atoms with van der Waals surface area (Å²) in [7, 11) is 0. The molecule has 1 aromatic carbocycles. The molecule has 0 spiro atoms. The van der Waals surface area contributed by atoms with Gasteiger partial charge in [-0.25, -0.2) is 4.79 Å². The Labute approximate surface area is 132 Å². The first-order chi connectivity index (χ1) is 10.9. The fraction of sp³-hybridized carbons (Fsp3) is 0.467. The average Bonchev–Trinajstić information content (AvgIpc) is 2.53. The lowest BCUT2D eigenvalue weighted by Gasteiger charge is -2.34. The van der Waals surface area contributed by atoms with Crippen molar-refractivity contribution in [1.29, 1.82) is 0 Å². The molecule has 23 heavy (non-hydrogen) atoms. The fourth-order valence-electron chi connectivity index (χ4n) is 2.32. The zero-order valence-electron chi connectivity index (χ0n) is 12.4. The minimum absolute atomic E-state index is 0.320. The number of hydrogen-bond acceptors (Lipinski definition) is 3. The van der Waals surface area contributed by atoms with Crippen LogP contribution in [0.15, 0.2) is 24.3 Å². The molecule has 1 aliphatic rings. The van der Waals surface area contributed by atoms with E-state index in [1.807, 2.05) is 6.29 Å². The molecule has 0 atom stereocenters. The van der Waals surface area contributed by atoms with E-state index in [2.05, 4.69) is 10.2 Å². The van der Waals surface area contributed by atoms with E-state index < -0.39 is 11.7 Å². The third-order valence-corrected chi connectivity index (χ3v) is 3.65. The third-order valence-electron chi connectivity index (χ3n) is 3.65. The lowest BCUT2D eigenvalue weighted by molar-refractivity contribution is -0.137. The van der Waals surface area contributed by atoms with Crippen LogP contribution in [0.1, 0.15) is 12.0 Å². The van der Waals surface area contributed by atoms with Crippen molar-refractivity contribution in [3.63, 3.8) is 0 Å². The van der Waals surface area contributed by atoms with Crippen molar-refractivity contribution < 1.29 is 22.8 Å². The van der Waals surface area contributed by atoms with E-state index in [-0.39, 0.29) is 6.03 Å². The molecule has 1 saturated heterocycles. The average molecular weight is 328 g/mol. The normalized spacial score (nSPS) is 16.2. The van der Waals surface area contributed by atoms with E-state index in [9.17, 15) is 22.8 Å². The Kier molecular flexibility index (Phi) is 5.59. The number of nitrogens with zero attached hydrogens (tertiary/aromatic N) is 2. The fourth-order valence-corrected chi connectivity index (χ4v) is 2.32. The molecule has 1 radical (unpaired) electrons. The van der Waals surface area contributed by atoms with Gasteiger partial charge in [-0.2, -0.15) is 13.2 Å². The van der Waals surface area contributed by atoms with Gasteiger partial charge in [-0.3, -0.25) is 9.69 Å². The summed E-state index contributed by atoms with van der Waals surface area (Å²) in [6, 6.07) is 3.99. The molecule has 5 nitrogen and oxygen atoms in total. The number of urea groups is 1. The first-order valence-corrected chi connectivity index (χ1v) is 7.20. The number of piperazine rings is 1. The van der Waals surface area contributed by atoms with Crippen molar-refractivity contribution in [1.82, 2.24) is 9.80 Å². The van der Waals surface area contributed by atoms with Gasteiger partial charge < -0.3 is 10.2 Å². The van der Waals surface area contributed by atoms with Crippen LogP contribution in [0.3, 0.4) is 0 Å². The van der Waals surface area contributed by atoms with Crippen LogP contribution in [0.4, 0.5) is 23.7 Å². The summed E-state index contributed by atoms with van der Waals surface area (Å²) in [6.07, 6.45) is -2.21. The summed E-state index contributed by atoms with van der Waals surface area (Å²) in [5.74, 6) is 0. The van der Waals surface area contributed by atoms with Gasteiger partial charge in [-0.15, -0.1) is 0 Å². The monoisotopic (exact) mass is 328 g/mol. The number of carbonyl (C=O) groups excluding carboxylic acids is 2. The van der Waals surface area contributed by atoms with E-state index in [1.54, 1.807) is 4.90 Å². The highest BCUT2D eigenvalue weighted by Crippen LogP contribution is 2.29. The van der Waals surface area contributed by atoms with E-state index in [4.69, 9.17) is 0 Å². The van der Waals surface area contributed by atoms with Gasteiger partial charge in [0.15, 0.2) is 6.29 Å². The molecule has 8 heteroatoms. The molecule has 0 bridgehead atoms. The predicted molar refractivity (Wildman–Crippen MR) is 78.8 cm³/mol. The summed E-state index contributed by atoms with van der Waals surface area (Å²) >= 11 is 0. The van der Waals surface area contributed by atoms with Gasteiger partial charge in [0.25, 0.3) is 0 Å². The molecule has 2 amide bonds. The van der Waals surface area contributed by atoms with Gasteiger partial charge in [0.1, 0.15) is 0 Å². The molecule has 0 unspecified atom stereocenters. The van der Waals surface area contributed by atoms with Crippen molar-refractivity contribution in [3.8, 4) is 0 Å². The van der Waals surface area contributed by atoms with Crippen LogP contribution in [0, 0.1) is 0 Å². The first kappa shape index (κ1) is 17.3. The van der Waals surface area contributed by atoms with Gasteiger partial charge in [0, 0.05) is 44.8 Å². The topological polar surface area (TPSA) is 52.7 Å². The van der Waals surface area contributed by atoms with E-state index in [0.29, 0.717) is 44.8 Å². The highest BCUT2D eigenvalue weighted by Gasteiger charge is 2.30. The van der Waals surface area contributed by atoms with Crippen molar-refractivity contribution in [2.24, 2.45) is 0 Å². The van der Waals surface area contributed by atoms with Crippen LogP contribution < -0.4 is 5.32 Å². The molecule has 1 N–H and O–H groups in total. The van der Waals surface area contributed by atoms with Crippen molar-refractivity contribution in [3.05, 3.63) is 29.8 Å². The van der Waals surface area contributed by atoms with E-state index in [0.717, 1.165) is 12.1 Å². The minimum atomic E-state index is -4.39. The quantitative estimate of drug-likeness (QED) is 0.923. The van der Waals surface area contributed by atoms with Gasteiger partial charge in [0.2, 0.25) is 0 Å². The zero-order valence-corrected chi connectivity index (χ0v) is 12.4. The van der Waals surface area contributed by atoms with Crippen LogP contribution in [0.5, 0.6) is 0 Å². The summed E-state index contributed by atoms with van der Waals surface area (Å²) < 4.78 is 37.4. The molecule has 2 rings (SSSR count). The molecule has 125 valence electrons. The smallest absolute Gasteiger partial charge is 0.322 e. The Morgan fingerprint density at radius 3 is 2.26 bits per heavy atom. The Balaban J connectivity index is 1.84. The third kappa shape index (κ3) is 4.95. The van der Waals surface area contributed by atoms with Crippen molar-refractivity contribution in [2.45, 2.75) is 12.6 Å². The first-order valence-electron chi connectivity index (χ1n) is 7.20. The summed E-state index contributed by atoms with van der Waals surface area (Å²) in [5, 5.41) is 2.59.